The Labute approximate surface area is 84.5 Å². The molecule has 14 heavy (non-hydrogen) atoms. The lowest BCUT2D eigenvalue weighted by Gasteiger charge is -2.12. The second-order valence-electron chi connectivity index (χ2n) is 3.35. The van der Waals surface area contributed by atoms with Gasteiger partial charge in [0.1, 0.15) is 5.82 Å². The molecule has 0 bridgehead atoms. The van der Waals surface area contributed by atoms with Crippen molar-refractivity contribution in [1.29, 1.82) is 0 Å². The fourth-order valence-electron chi connectivity index (χ4n) is 1.43. The predicted molar refractivity (Wildman–Crippen MR) is 54.1 cm³/mol. The number of hydrogen-bond donors (Lipinski definition) is 1. The number of aliphatic hydroxyl groups is 1. The maximum atomic E-state index is 9.54. The Morgan fingerprint density at radius 3 is 3.07 bits per heavy atom. The molecule has 4 heteroatoms. The molecular formula is C10H18N2O2. The number of rotatable bonds is 6. The Morgan fingerprint density at radius 2 is 2.43 bits per heavy atom. The summed E-state index contributed by atoms with van der Waals surface area (Å²) in [5.41, 5.74) is 0. The van der Waals surface area contributed by atoms with Gasteiger partial charge >= 0.3 is 0 Å². The summed E-state index contributed by atoms with van der Waals surface area (Å²) in [6.07, 6.45) is 5.23. The van der Waals surface area contributed by atoms with E-state index in [9.17, 15) is 5.11 Å². The van der Waals surface area contributed by atoms with Gasteiger partial charge in [0.25, 0.3) is 0 Å². The topological polar surface area (TPSA) is 47.3 Å². The monoisotopic (exact) mass is 198 g/mol. The van der Waals surface area contributed by atoms with Gasteiger partial charge in [0, 0.05) is 25.9 Å². The third-order valence-electron chi connectivity index (χ3n) is 2.04. The van der Waals surface area contributed by atoms with Crippen molar-refractivity contribution in [2.75, 3.05) is 13.7 Å². The van der Waals surface area contributed by atoms with Crippen LogP contribution in [0.4, 0.5) is 0 Å². The van der Waals surface area contributed by atoms with Crippen LogP contribution in [-0.4, -0.2) is 34.5 Å². The van der Waals surface area contributed by atoms with Crippen LogP contribution in [0.5, 0.6) is 0 Å². The number of aliphatic hydroxyl groups excluding tert-OH is 1. The molecular weight excluding hydrogens is 180 g/mol. The number of nitrogens with zero attached hydrogens (tertiary/aromatic N) is 2. The first-order valence-electron chi connectivity index (χ1n) is 4.95. The molecule has 0 radical (unpaired) electrons. The van der Waals surface area contributed by atoms with Crippen molar-refractivity contribution in [1.82, 2.24) is 9.55 Å². The summed E-state index contributed by atoms with van der Waals surface area (Å²) in [5.74, 6) is 1.03. The van der Waals surface area contributed by atoms with Crippen molar-refractivity contribution in [3.63, 3.8) is 0 Å². The zero-order chi connectivity index (χ0) is 10.4. The van der Waals surface area contributed by atoms with Crippen LogP contribution in [0.15, 0.2) is 12.4 Å². The largest absolute Gasteiger partial charge is 0.389 e. The molecule has 0 amide bonds. The quantitative estimate of drug-likeness (QED) is 0.737. The van der Waals surface area contributed by atoms with Crippen LogP contribution in [0.3, 0.4) is 0 Å². The van der Waals surface area contributed by atoms with Crippen LogP contribution in [0.25, 0.3) is 0 Å². The average molecular weight is 198 g/mol. The van der Waals surface area contributed by atoms with Crippen molar-refractivity contribution in [3.05, 3.63) is 18.2 Å². The fraction of sp³-hybridized carbons (Fsp3) is 0.700. The molecule has 1 aromatic heterocycles. The van der Waals surface area contributed by atoms with E-state index in [0.717, 1.165) is 18.7 Å². The molecule has 0 saturated carbocycles. The minimum Gasteiger partial charge on any atom is -0.389 e. The minimum absolute atomic E-state index is 0.365. The highest BCUT2D eigenvalue weighted by Crippen LogP contribution is 2.02. The first kappa shape index (κ1) is 11.2. The predicted octanol–water partition coefficient (Wildman–Crippen LogP) is 0.843. The summed E-state index contributed by atoms with van der Waals surface area (Å²) in [5, 5.41) is 9.54. The van der Waals surface area contributed by atoms with Crippen LogP contribution in [-0.2, 0) is 17.7 Å². The molecule has 1 rings (SSSR count). The van der Waals surface area contributed by atoms with Gasteiger partial charge in [0.05, 0.1) is 19.3 Å². The van der Waals surface area contributed by atoms with Gasteiger partial charge in [0.15, 0.2) is 0 Å². The Kier molecular flexibility index (Phi) is 4.62. The van der Waals surface area contributed by atoms with Gasteiger partial charge in [-0.2, -0.15) is 0 Å². The summed E-state index contributed by atoms with van der Waals surface area (Å²) in [4.78, 5) is 4.23. The van der Waals surface area contributed by atoms with Gasteiger partial charge in [-0.25, -0.2) is 4.98 Å². The number of methoxy groups -OCH3 is 1. The molecule has 1 unspecified atom stereocenters. The van der Waals surface area contributed by atoms with Crippen LogP contribution in [0.1, 0.15) is 19.2 Å². The van der Waals surface area contributed by atoms with E-state index in [1.165, 1.54) is 0 Å². The molecule has 0 saturated heterocycles. The standard InChI is InChI=1S/C10H18N2O2/c1-3-4-10-11-5-6-12(10)7-9(13)8-14-2/h5-6,9,13H,3-4,7-8H2,1-2H3. The Morgan fingerprint density at radius 1 is 1.64 bits per heavy atom. The van der Waals surface area contributed by atoms with Crippen molar-refractivity contribution in [2.45, 2.75) is 32.4 Å². The molecule has 1 N–H and O–H groups in total. The van der Waals surface area contributed by atoms with Crippen molar-refractivity contribution in [2.24, 2.45) is 0 Å². The fourth-order valence-corrected chi connectivity index (χ4v) is 1.43. The second-order valence-corrected chi connectivity index (χ2v) is 3.35. The summed E-state index contributed by atoms with van der Waals surface area (Å²) in [6, 6.07) is 0. The van der Waals surface area contributed by atoms with E-state index in [4.69, 9.17) is 4.74 Å². The first-order chi connectivity index (χ1) is 6.77. The van der Waals surface area contributed by atoms with Gasteiger partial charge in [-0.15, -0.1) is 0 Å². The Bertz CT molecular complexity index is 260. The van der Waals surface area contributed by atoms with Gasteiger partial charge in [-0.1, -0.05) is 6.92 Å². The highest BCUT2D eigenvalue weighted by atomic mass is 16.5. The molecule has 0 fully saturated rings. The zero-order valence-electron chi connectivity index (χ0n) is 8.81. The number of ether oxygens (including phenoxy) is 1. The second kappa shape index (κ2) is 5.78. The number of hydrogen-bond acceptors (Lipinski definition) is 3. The van der Waals surface area contributed by atoms with E-state index in [-0.39, 0.29) is 0 Å². The molecule has 0 aromatic carbocycles. The highest BCUT2D eigenvalue weighted by Gasteiger charge is 2.07. The Hall–Kier alpha value is -0.870. The van der Waals surface area contributed by atoms with Crippen LogP contribution in [0.2, 0.25) is 0 Å². The SMILES string of the molecule is CCCc1nccn1CC(O)COC. The van der Waals surface area contributed by atoms with E-state index in [1.54, 1.807) is 13.3 Å². The molecule has 4 nitrogen and oxygen atoms in total. The summed E-state index contributed by atoms with van der Waals surface area (Å²) in [6.45, 7) is 3.04. The minimum atomic E-state index is -0.454. The van der Waals surface area contributed by atoms with Crippen LogP contribution in [0, 0.1) is 0 Å². The lowest BCUT2D eigenvalue weighted by atomic mass is 10.3. The molecule has 0 aliphatic heterocycles. The molecule has 0 spiro atoms. The van der Waals surface area contributed by atoms with E-state index >= 15 is 0 Å². The number of aromatic nitrogens is 2. The smallest absolute Gasteiger partial charge is 0.108 e. The van der Waals surface area contributed by atoms with Gasteiger partial charge in [0.2, 0.25) is 0 Å². The van der Waals surface area contributed by atoms with Crippen molar-refractivity contribution >= 4 is 0 Å². The van der Waals surface area contributed by atoms with Crippen molar-refractivity contribution < 1.29 is 9.84 Å². The Balaban J connectivity index is 2.52. The summed E-state index contributed by atoms with van der Waals surface area (Å²) in [7, 11) is 1.59. The molecule has 80 valence electrons. The molecule has 0 aliphatic carbocycles. The van der Waals surface area contributed by atoms with Crippen LogP contribution < -0.4 is 0 Å². The van der Waals surface area contributed by atoms with Crippen LogP contribution >= 0.6 is 0 Å². The molecule has 1 atom stereocenters. The normalized spacial score (nSPS) is 13.1. The van der Waals surface area contributed by atoms with Gasteiger partial charge in [-0.05, 0) is 6.42 Å². The third-order valence-corrected chi connectivity index (χ3v) is 2.04. The summed E-state index contributed by atoms with van der Waals surface area (Å²) < 4.78 is 6.85. The first-order valence-corrected chi connectivity index (χ1v) is 4.95. The van der Waals surface area contributed by atoms with E-state index < -0.39 is 6.10 Å². The lowest BCUT2D eigenvalue weighted by molar-refractivity contribution is 0.0531. The third kappa shape index (κ3) is 3.12. The summed E-state index contributed by atoms with van der Waals surface area (Å²) >= 11 is 0. The average Bonchev–Trinajstić information content (AvgIpc) is 2.54. The van der Waals surface area contributed by atoms with Gasteiger partial charge < -0.3 is 14.4 Å². The van der Waals surface area contributed by atoms with E-state index in [1.807, 2.05) is 10.8 Å². The van der Waals surface area contributed by atoms with Crippen molar-refractivity contribution in [3.8, 4) is 0 Å². The lowest BCUT2D eigenvalue weighted by Crippen LogP contribution is -2.22. The highest BCUT2D eigenvalue weighted by molar-refractivity contribution is 4.92. The van der Waals surface area contributed by atoms with Gasteiger partial charge in [-0.3, -0.25) is 0 Å². The maximum absolute atomic E-state index is 9.54. The zero-order valence-corrected chi connectivity index (χ0v) is 8.81. The number of aryl methyl sites for hydroxylation is 1. The maximum Gasteiger partial charge on any atom is 0.108 e. The van der Waals surface area contributed by atoms with E-state index in [0.29, 0.717) is 13.2 Å². The number of imidazole rings is 1. The molecule has 0 aliphatic rings. The molecule has 1 aromatic rings. The van der Waals surface area contributed by atoms with E-state index in [2.05, 4.69) is 11.9 Å². The molecule has 1 heterocycles.